The molecule has 0 radical (unpaired) electrons. The van der Waals surface area contributed by atoms with Crippen molar-refractivity contribution >= 4 is 9.52 Å². The average Bonchev–Trinajstić information content (AvgIpc) is 3.33. The Morgan fingerprint density at radius 1 is 0.606 bits per heavy atom. The van der Waals surface area contributed by atoms with Crippen LogP contribution >= 0.6 is 0 Å². The molecule has 1 heterocycles. The fourth-order valence-electron chi connectivity index (χ4n) is 6.13. The van der Waals surface area contributed by atoms with Crippen molar-refractivity contribution in [1.82, 2.24) is 0 Å². The lowest BCUT2D eigenvalue weighted by molar-refractivity contribution is 0.801. The van der Waals surface area contributed by atoms with Crippen molar-refractivity contribution in [3.05, 3.63) is 132 Å². The molecular weight excluding hydrogens is 412 g/mol. The Hall–Kier alpha value is -3.42. The average molecular weight is 439 g/mol. The second-order valence-corrected chi connectivity index (χ2v) is 12.0. The van der Waals surface area contributed by atoms with E-state index < -0.39 is 0 Å². The first-order valence-electron chi connectivity index (χ1n) is 12.1. The van der Waals surface area contributed by atoms with Crippen LogP contribution in [0.3, 0.4) is 0 Å². The molecule has 0 N–H and O–H groups in total. The molecular formula is C32H26Si. The van der Waals surface area contributed by atoms with Crippen LogP contribution in [0.15, 0.2) is 121 Å². The zero-order valence-electron chi connectivity index (χ0n) is 18.6. The highest BCUT2D eigenvalue weighted by molar-refractivity contribution is 6.55. The number of benzene rings is 4. The van der Waals surface area contributed by atoms with Crippen LogP contribution in [0, 0.1) is 0 Å². The molecule has 0 bridgehead atoms. The van der Waals surface area contributed by atoms with E-state index in [9.17, 15) is 0 Å². The molecule has 0 amide bonds. The molecule has 2 unspecified atom stereocenters. The van der Waals surface area contributed by atoms with Crippen molar-refractivity contribution in [3.63, 3.8) is 0 Å². The van der Waals surface area contributed by atoms with Crippen LogP contribution in [0.4, 0.5) is 0 Å². The van der Waals surface area contributed by atoms with Gasteiger partial charge in [-0.2, -0.15) is 0 Å². The Bertz CT molecular complexity index is 1320. The summed E-state index contributed by atoms with van der Waals surface area (Å²) >= 11 is 0. The molecule has 2 atom stereocenters. The fourth-order valence-corrected chi connectivity index (χ4v) is 8.52. The van der Waals surface area contributed by atoms with Crippen molar-refractivity contribution in [1.29, 1.82) is 0 Å². The van der Waals surface area contributed by atoms with Gasteiger partial charge in [-0.3, -0.25) is 0 Å². The van der Waals surface area contributed by atoms with Gasteiger partial charge >= 0.3 is 0 Å². The standard InChI is InChI=1S/C32H26Si/c1-3-9-21(10-4-1)24-15-17-26-27-18-16-25(22-11-5-2-6-12-22)20-29(27)30(28(26)19-24)32-31(33-32)23-13-7-8-14-23/h1-13,15-20,30-32H,14,33H2. The molecule has 4 aromatic carbocycles. The number of hydrogen-bond acceptors (Lipinski definition) is 0. The van der Waals surface area contributed by atoms with Gasteiger partial charge in [0.05, 0.1) is 0 Å². The number of fused-ring (bicyclic) bond motifs is 3. The van der Waals surface area contributed by atoms with E-state index in [0.29, 0.717) is 5.92 Å². The maximum absolute atomic E-state index is 2.50. The topological polar surface area (TPSA) is 0 Å². The van der Waals surface area contributed by atoms with Gasteiger partial charge < -0.3 is 0 Å². The molecule has 0 spiro atoms. The number of hydrogen-bond donors (Lipinski definition) is 0. The summed E-state index contributed by atoms with van der Waals surface area (Å²) in [5.41, 5.74) is 14.7. The first kappa shape index (κ1) is 19.1. The zero-order chi connectivity index (χ0) is 21.8. The maximum Gasteiger partial charge on any atom is 0.0330 e. The third-order valence-corrected chi connectivity index (χ3v) is 10.3. The molecule has 1 heteroatoms. The minimum absolute atomic E-state index is 0.102. The van der Waals surface area contributed by atoms with Crippen LogP contribution in [0.2, 0.25) is 11.1 Å². The molecule has 0 saturated carbocycles. The van der Waals surface area contributed by atoms with Gasteiger partial charge in [-0.25, -0.2) is 0 Å². The van der Waals surface area contributed by atoms with Crippen molar-refractivity contribution in [2.24, 2.45) is 0 Å². The molecule has 1 fully saturated rings. The molecule has 2 aliphatic carbocycles. The summed E-state index contributed by atoms with van der Waals surface area (Å²) in [5.74, 6) is 0.542. The van der Waals surface area contributed by atoms with Crippen LogP contribution < -0.4 is 0 Å². The first-order valence-corrected chi connectivity index (χ1v) is 13.7. The van der Waals surface area contributed by atoms with Crippen molar-refractivity contribution in [3.8, 4) is 33.4 Å². The smallest absolute Gasteiger partial charge is 0.0330 e. The van der Waals surface area contributed by atoms with Crippen LogP contribution in [0.1, 0.15) is 23.5 Å². The van der Waals surface area contributed by atoms with Crippen molar-refractivity contribution in [2.75, 3.05) is 0 Å². The van der Waals surface area contributed by atoms with Crippen molar-refractivity contribution in [2.45, 2.75) is 23.4 Å². The minimum atomic E-state index is -0.102. The lowest BCUT2D eigenvalue weighted by atomic mass is 9.88. The van der Waals surface area contributed by atoms with E-state index in [2.05, 4.69) is 115 Å². The molecule has 7 rings (SSSR count). The van der Waals surface area contributed by atoms with E-state index in [1.54, 1.807) is 16.7 Å². The Kier molecular flexibility index (Phi) is 4.38. The van der Waals surface area contributed by atoms with E-state index in [1.165, 1.54) is 39.8 Å². The molecule has 33 heavy (non-hydrogen) atoms. The molecule has 3 aliphatic rings. The second-order valence-electron chi connectivity index (χ2n) is 9.69. The second kappa shape index (κ2) is 7.57. The first-order chi connectivity index (χ1) is 16.4. The quantitative estimate of drug-likeness (QED) is 0.285. The number of allylic oxidation sites excluding steroid dienone is 4. The third-order valence-electron chi connectivity index (χ3n) is 7.82. The number of rotatable bonds is 4. The Morgan fingerprint density at radius 3 is 1.70 bits per heavy atom. The summed E-state index contributed by atoms with van der Waals surface area (Å²) in [6, 6.07) is 36.1. The lowest BCUT2D eigenvalue weighted by Crippen LogP contribution is -1.98. The Labute approximate surface area is 198 Å². The van der Waals surface area contributed by atoms with Crippen LogP contribution in [0.5, 0.6) is 0 Å². The molecule has 1 aliphatic heterocycles. The van der Waals surface area contributed by atoms with Gasteiger partial charge in [-0.1, -0.05) is 109 Å². The highest BCUT2D eigenvalue weighted by atomic mass is 28.2. The summed E-state index contributed by atoms with van der Waals surface area (Å²) in [7, 11) is -0.102. The summed E-state index contributed by atoms with van der Waals surface area (Å²) < 4.78 is 0. The van der Waals surface area contributed by atoms with Gasteiger partial charge in [-0.05, 0) is 74.1 Å². The Balaban J connectivity index is 1.36. The summed E-state index contributed by atoms with van der Waals surface area (Å²) in [6.07, 6.45) is 8.16. The van der Waals surface area contributed by atoms with Crippen LogP contribution in [-0.2, 0) is 0 Å². The van der Waals surface area contributed by atoms with Crippen LogP contribution in [0.25, 0.3) is 33.4 Å². The predicted octanol–water partition coefficient (Wildman–Crippen LogP) is 7.78. The van der Waals surface area contributed by atoms with E-state index >= 15 is 0 Å². The summed E-state index contributed by atoms with van der Waals surface area (Å²) in [4.78, 5) is 0. The van der Waals surface area contributed by atoms with Crippen molar-refractivity contribution < 1.29 is 0 Å². The van der Waals surface area contributed by atoms with E-state index in [4.69, 9.17) is 0 Å². The normalized spacial score (nSPS) is 21.2. The Morgan fingerprint density at radius 2 is 1.18 bits per heavy atom. The van der Waals surface area contributed by atoms with Gasteiger partial charge in [0.15, 0.2) is 0 Å². The highest BCUT2D eigenvalue weighted by Crippen LogP contribution is 2.63. The fraction of sp³-hybridized carbons (Fsp3) is 0.125. The van der Waals surface area contributed by atoms with Crippen LogP contribution in [-0.4, -0.2) is 9.52 Å². The molecule has 0 nitrogen and oxygen atoms in total. The SMILES string of the molecule is C1=CCC(C2[SiH2]C2C2c3cc(-c4ccccc4)ccc3-c3ccc(-c4ccccc4)cc32)=C1. The lowest BCUT2D eigenvalue weighted by Gasteiger charge is -2.16. The van der Waals surface area contributed by atoms with Gasteiger partial charge in [0.1, 0.15) is 0 Å². The third kappa shape index (κ3) is 3.19. The van der Waals surface area contributed by atoms with Gasteiger partial charge in [-0.15, -0.1) is 0 Å². The highest BCUT2D eigenvalue weighted by Gasteiger charge is 2.49. The molecule has 158 valence electrons. The molecule has 4 aromatic rings. The summed E-state index contributed by atoms with van der Waals surface area (Å²) in [6.45, 7) is 0. The molecule has 1 saturated heterocycles. The maximum atomic E-state index is 2.50. The van der Waals surface area contributed by atoms with E-state index in [-0.39, 0.29) is 9.52 Å². The van der Waals surface area contributed by atoms with E-state index in [1.807, 2.05) is 0 Å². The molecule has 0 aromatic heterocycles. The monoisotopic (exact) mass is 438 g/mol. The van der Waals surface area contributed by atoms with Gasteiger partial charge in [0.2, 0.25) is 0 Å². The summed E-state index contributed by atoms with van der Waals surface area (Å²) in [5, 5.41) is 0. The minimum Gasteiger partial charge on any atom is -0.0805 e. The predicted molar refractivity (Wildman–Crippen MR) is 142 cm³/mol. The van der Waals surface area contributed by atoms with Gasteiger partial charge in [0.25, 0.3) is 0 Å². The van der Waals surface area contributed by atoms with E-state index in [0.717, 1.165) is 11.1 Å². The zero-order valence-corrected chi connectivity index (χ0v) is 20.0. The largest absolute Gasteiger partial charge is 0.0805 e. The van der Waals surface area contributed by atoms with Gasteiger partial charge in [0, 0.05) is 15.4 Å².